The number of aldehydes is 1. The summed E-state index contributed by atoms with van der Waals surface area (Å²) in [6.45, 7) is 25.4. The summed E-state index contributed by atoms with van der Waals surface area (Å²) in [5.41, 5.74) is 0.972. The first-order valence-electron chi connectivity index (χ1n) is 14.6. The van der Waals surface area contributed by atoms with E-state index in [4.69, 9.17) is 8.85 Å². The standard InChI is InChI=1S/C30H57NO5SSi2/c1-12-13-15-22-31(27(17-14-16-23-32)25-36-39(10,11)30(5,6)7)37(33,34)28-20-18-26(19-21-28)24-35-38(8,9)29(2,3)4/h18-21,23,27H,12-17,22,24-25H2,1-11H3/t27-/m0/s1. The molecule has 9 heteroatoms. The molecule has 0 aliphatic carbocycles. The maximum absolute atomic E-state index is 14.1. The number of sulfonamides is 1. The molecule has 0 saturated carbocycles. The molecule has 0 unspecified atom stereocenters. The third-order valence-electron chi connectivity index (χ3n) is 8.63. The van der Waals surface area contributed by atoms with Crippen molar-refractivity contribution in [1.82, 2.24) is 4.31 Å². The smallest absolute Gasteiger partial charge is 0.243 e. The van der Waals surface area contributed by atoms with Crippen LogP contribution >= 0.6 is 0 Å². The number of rotatable bonds is 17. The number of carbonyl (C=O) groups is 1. The first-order chi connectivity index (χ1) is 17.8. The van der Waals surface area contributed by atoms with Crippen molar-refractivity contribution in [1.29, 1.82) is 0 Å². The van der Waals surface area contributed by atoms with Crippen molar-refractivity contribution in [2.45, 2.75) is 141 Å². The molecule has 1 aromatic rings. The third-order valence-corrected chi connectivity index (χ3v) is 19.6. The molecule has 0 N–H and O–H groups in total. The number of hydrogen-bond acceptors (Lipinski definition) is 5. The van der Waals surface area contributed by atoms with Crippen molar-refractivity contribution in [2.75, 3.05) is 13.2 Å². The average Bonchev–Trinajstić information content (AvgIpc) is 2.82. The minimum Gasteiger partial charge on any atom is -0.415 e. The van der Waals surface area contributed by atoms with Gasteiger partial charge in [-0.2, -0.15) is 4.31 Å². The van der Waals surface area contributed by atoms with E-state index in [1.54, 1.807) is 16.4 Å². The van der Waals surface area contributed by atoms with E-state index in [9.17, 15) is 13.2 Å². The summed E-state index contributed by atoms with van der Waals surface area (Å²) < 4.78 is 42.7. The van der Waals surface area contributed by atoms with Crippen LogP contribution in [0.15, 0.2) is 29.2 Å². The van der Waals surface area contributed by atoms with Crippen LogP contribution in [0.4, 0.5) is 0 Å². The molecular formula is C30H57NO5SSi2. The van der Waals surface area contributed by atoms with Crippen LogP contribution in [0.5, 0.6) is 0 Å². The Labute approximate surface area is 242 Å². The SMILES string of the molecule is CCCCCN([C@@H](CCCC=O)CO[Si](C)(C)C(C)(C)C)S(=O)(=O)c1ccc(CO[Si](C)(C)C(C)(C)C)cc1. The van der Waals surface area contributed by atoms with Gasteiger partial charge in [-0.15, -0.1) is 0 Å². The second-order valence-corrected chi connectivity index (χ2v) is 25.3. The molecule has 0 aliphatic heterocycles. The van der Waals surface area contributed by atoms with Gasteiger partial charge in [-0.25, -0.2) is 8.42 Å². The van der Waals surface area contributed by atoms with Crippen LogP contribution in [0.25, 0.3) is 0 Å². The quantitative estimate of drug-likeness (QED) is 0.103. The molecule has 0 spiro atoms. The maximum Gasteiger partial charge on any atom is 0.243 e. The number of unbranched alkanes of at least 4 members (excludes halogenated alkanes) is 3. The Balaban J connectivity index is 3.28. The van der Waals surface area contributed by atoms with Gasteiger partial charge in [0, 0.05) is 19.0 Å². The van der Waals surface area contributed by atoms with Gasteiger partial charge in [-0.1, -0.05) is 73.4 Å². The fourth-order valence-corrected chi connectivity index (χ4v) is 7.34. The molecule has 0 fully saturated rings. The van der Waals surface area contributed by atoms with Gasteiger partial charge >= 0.3 is 0 Å². The predicted molar refractivity (Wildman–Crippen MR) is 169 cm³/mol. The van der Waals surface area contributed by atoms with Crippen LogP contribution in [0, 0.1) is 0 Å². The highest BCUT2D eigenvalue weighted by atomic mass is 32.2. The minimum atomic E-state index is -3.76. The molecule has 6 nitrogen and oxygen atoms in total. The van der Waals surface area contributed by atoms with Crippen LogP contribution in [-0.4, -0.2) is 54.8 Å². The normalized spacial score (nSPS) is 14.6. The molecule has 0 amide bonds. The van der Waals surface area contributed by atoms with Crippen molar-refractivity contribution in [3.63, 3.8) is 0 Å². The van der Waals surface area contributed by atoms with E-state index < -0.39 is 26.7 Å². The third kappa shape index (κ3) is 10.8. The second kappa shape index (κ2) is 14.9. The second-order valence-electron chi connectivity index (χ2n) is 13.8. The lowest BCUT2D eigenvalue weighted by Crippen LogP contribution is -2.48. The van der Waals surface area contributed by atoms with Crippen LogP contribution in [0.3, 0.4) is 0 Å². The van der Waals surface area contributed by atoms with E-state index in [2.05, 4.69) is 74.7 Å². The monoisotopic (exact) mass is 599 g/mol. The van der Waals surface area contributed by atoms with E-state index in [0.717, 1.165) is 31.1 Å². The molecule has 226 valence electrons. The summed E-state index contributed by atoms with van der Waals surface area (Å²) >= 11 is 0. The van der Waals surface area contributed by atoms with Crippen LogP contribution < -0.4 is 0 Å². The highest BCUT2D eigenvalue weighted by Gasteiger charge is 2.40. The molecule has 1 aromatic carbocycles. The fraction of sp³-hybridized carbons (Fsp3) is 0.767. The summed E-state index contributed by atoms with van der Waals surface area (Å²) in [4.78, 5) is 11.4. The van der Waals surface area contributed by atoms with Crippen molar-refractivity contribution in [3.05, 3.63) is 29.8 Å². The summed E-state index contributed by atoms with van der Waals surface area (Å²) in [5.74, 6) is 0. The van der Waals surface area contributed by atoms with Gasteiger partial charge < -0.3 is 13.6 Å². The Morgan fingerprint density at radius 3 is 1.90 bits per heavy atom. The Kier molecular flexibility index (Phi) is 13.8. The Morgan fingerprint density at radius 2 is 1.41 bits per heavy atom. The molecule has 1 rings (SSSR count). The largest absolute Gasteiger partial charge is 0.415 e. The molecule has 0 heterocycles. The average molecular weight is 600 g/mol. The molecule has 39 heavy (non-hydrogen) atoms. The molecule has 0 aromatic heterocycles. The topological polar surface area (TPSA) is 72.9 Å². The number of nitrogens with zero attached hydrogens (tertiary/aromatic N) is 1. The number of carbonyl (C=O) groups excluding carboxylic acids is 1. The highest BCUT2D eigenvalue weighted by molar-refractivity contribution is 7.89. The lowest BCUT2D eigenvalue weighted by Gasteiger charge is -2.39. The summed E-state index contributed by atoms with van der Waals surface area (Å²) in [5, 5.41) is 0.134. The van der Waals surface area contributed by atoms with E-state index in [1.165, 1.54) is 0 Å². The molecule has 0 radical (unpaired) electrons. The van der Waals surface area contributed by atoms with Crippen LogP contribution in [-0.2, 0) is 30.3 Å². The van der Waals surface area contributed by atoms with Gasteiger partial charge in [-0.3, -0.25) is 0 Å². The van der Waals surface area contributed by atoms with Gasteiger partial charge in [0.1, 0.15) is 6.29 Å². The zero-order valence-corrected chi connectivity index (χ0v) is 29.5. The summed E-state index contributed by atoms with van der Waals surface area (Å²) in [6.07, 6.45) is 5.32. The van der Waals surface area contributed by atoms with E-state index in [0.29, 0.717) is 43.9 Å². The van der Waals surface area contributed by atoms with E-state index in [-0.39, 0.29) is 16.1 Å². The van der Waals surface area contributed by atoms with Gasteiger partial charge in [0.2, 0.25) is 10.0 Å². The molecule has 1 atom stereocenters. The van der Waals surface area contributed by atoms with Crippen LogP contribution in [0.1, 0.15) is 92.6 Å². The van der Waals surface area contributed by atoms with Gasteiger partial charge in [0.05, 0.1) is 18.1 Å². The van der Waals surface area contributed by atoms with Gasteiger partial charge in [0.15, 0.2) is 16.6 Å². The van der Waals surface area contributed by atoms with E-state index in [1.807, 2.05) is 12.1 Å². The highest BCUT2D eigenvalue weighted by Crippen LogP contribution is 2.38. The van der Waals surface area contributed by atoms with Crippen molar-refractivity contribution in [2.24, 2.45) is 0 Å². The molecule has 0 aliphatic rings. The lowest BCUT2D eigenvalue weighted by molar-refractivity contribution is -0.108. The zero-order valence-electron chi connectivity index (χ0n) is 26.7. The molecule has 0 bridgehead atoms. The van der Waals surface area contributed by atoms with E-state index >= 15 is 0 Å². The maximum atomic E-state index is 14.1. The van der Waals surface area contributed by atoms with Crippen molar-refractivity contribution >= 4 is 32.9 Å². The predicted octanol–water partition coefficient (Wildman–Crippen LogP) is 8.15. The van der Waals surface area contributed by atoms with Gasteiger partial charge in [0.25, 0.3) is 0 Å². The van der Waals surface area contributed by atoms with Crippen molar-refractivity contribution < 1.29 is 22.1 Å². The first kappa shape index (κ1) is 36.2. The summed E-state index contributed by atoms with van der Waals surface area (Å²) in [6, 6.07) is 6.85. The number of hydrogen-bond donors (Lipinski definition) is 0. The fourth-order valence-electron chi connectivity index (χ4n) is 3.66. The zero-order chi connectivity index (χ0) is 30.1. The minimum absolute atomic E-state index is 0.0224. The summed E-state index contributed by atoms with van der Waals surface area (Å²) in [7, 11) is -7.75. The molecular weight excluding hydrogens is 543 g/mol. The molecule has 0 saturated heterocycles. The first-order valence-corrected chi connectivity index (χ1v) is 21.9. The lowest BCUT2D eigenvalue weighted by atomic mass is 10.1. The Bertz CT molecular complexity index is 980. The van der Waals surface area contributed by atoms with Gasteiger partial charge in [-0.05, 0) is 73.2 Å². The Morgan fingerprint density at radius 1 is 0.872 bits per heavy atom. The Hall–Kier alpha value is -0.846. The van der Waals surface area contributed by atoms with Crippen LogP contribution in [0.2, 0.25) is 36.3 Å². The number of benzene rings is 1. The van der Waals surface area contributed by atoms with Crippen molar-refractivity contribution in [3.8, 4) is 0 Å².